The summed E-state index contributed by atoms with van der Waals surface area (Å²) in [5.41, 5.74) is 8.60. The van der Waals surface area contributed by atoms with Crippen molar-refractivity contribution in [2.75, 3.05) is 4.90 Å². The van der Waals surface area contributed by atoms with Crippen LogP contribution in [0.1, 0.15) is 5.56 Å². The molecule has 0 atom stereocenters. The molecule has 0 radical (unpaired) electrons. The highest BCUT2D eigenvalue weighted by atomic mass is 15.1. The van der Waals surface area contributed by atoms with Gasteiger partial charge in [0.15, 0.2) is 0 Å². The summed E-state index contributed by atoms with van der Waals surface area (Å²) in [7, 11) is 0. The van der Waals surface area contributed by atoms with Crippen LogP contribution in [0.4, 0.5) is 5.69 Å². The van der Waals surface area contributed by atoms with Gasteiger partial charge >= 0.3 is 0 Å². The van der Waals surface area contributed by atoms with Crippen molar-refractivity contribution < 1.29 is 0 Å². The molecule has 0 fully saturated rings. The second-order valence-electron chi connectivity index (χ2n) is 3.10. The Kier molecular flexibility index (Phi) is 2.11. The summed E-state index contributed by atoms with van der Waals surface area (Å²) in [5.74, 6) is 0. The fourth-order valence-electron chi connectivity index (χ4n) is 1.53. The molecule has 1 aliphatic rings. The Morgan fingerprint density at radius 2 is 2.00 bits per heavy atom. The molecule has 2 heteroatoms. The average molecular weight is 184 g/mol. The highest BCUT2D eigenvalue weighted by Crippen LogP contribution is 2.29. The fourth-order valence-corrected chi connectivity index (χ4v) is 1.53. The van der Waals surface area contributed by atoms with Gasteiger partial charge in [-0.3, -0.25) is 0 Å². The van der Waals surface area contributed by atoms with Crippen LogP contribution in [-0.2, 0) is 0 Å². The third-order valence-corrected chi connectivity index (χ3v) is 2.20. The maximum absolute atomic E-state index is 5.39. The summed E-state index contributed by atoms with van der Waals surface area (Å²) in [4.78, 5) is 1.97. The molecule has 0 spiro atoms. The van der Waals surface area contributed by atoms with Crippen LogP contribution in [-0.4, -0.2) is 0 Å². The van der Waals surface area contributed by atoms with E-state index in [-0.39, 0.29) is 0 Å². The summed E-state index contributed by atoms with van der Waals surface area (Å²) in [6.07, 6.45) is 7.35. The van der Waals surface area contributed by atoms with Gasteiger partial charge < -0.3 is 10.6 Å². The third kappa shape index (κ3) is 1.31. The molecule has 70 valence electrons. The highest BCUT2D eigenvalue weighted by molar-refractivity contribution is 5.77. The maximum Gasteiger partial charge on any atom is 0.0528 e. The minimum atomic E-state index is 0.922. The first-order valence-corrected chi connectivity index (χ1v) is 4.46. The Balaban J connectivity index is 2.53. The number of para-hydroxylation sites is 1. The summed E-state index contributed by atoms with van der Waals surface area (Å²) >= 11 is 0. The van der Waals surface area contributed by atoms with Crippen LogP contribution in [0.25, 0.3) is 6.08 Å². The molecule has 0 aromatic heterocycles. The lowest BCUT2D eigenvalue weighted by Crippen LogP contribution is -2.17. The van der Waals surface area contributed by atoms with Crippen LogP contribution in [0, 0.1) is 0 Å². The zero-order valence-electron chi connectivity index (χ0n) is 7.85. The zero-order chi connectivity index (χ0) is 9.97. The minimum absolute atomic E-state index is 0.922. The van der Waals surface area contributed by atoms with Crippen molar-refractivity contribution >= 4 is 11.8 Å². The van der Waals surface area contributed by atoms with Gasteiger partial charge in [0.1, 0.15) is 0 Å². The van der Waals surface area contributed by atoms with Gasteiger partial charge in [0.2, 0.25) is 0 Å². The molecule has 2 nitrogen and oxygen atoms in total. The second-order valence-corrected chi connectivity index (χ2v) is 3.10. The molecule has 0 saturated heterocycles. The number of rotatable bonds is 1. The number of fused-ring (bicyclic) bond motifs is 1. The quantitative estimate of drug-likeness (QED) is 0.726. The minimum Gasteiger partial charge on any atom is -0.403 e. The van der Waals surface area contributed by atoms with E-state index in [1.54, 1.807) is 0 Å². The molecular formula is C12H12N2. The zero-order valence-corrected chi connectivity index (χ0v) is 7.85. The van der Waals surface area contributed by atoms with Crippen LogP contribution in [0.2, 0.25) is 0 Å². The van der Waals surface area contributed by atoms with E-state index in [9.17, 15) is 0 Å². The van der Waals surface area contributed by atoms with Gasteiger partial charge in [0.05, 0.1) is 5.69 Å². The normalized spacial score (nSPS) is 14.9. The molecule has 1 aliphatic heterocycles. The molecule has 2 rings (SSSR count). The molecule has 0 aliphatic carbocycles. The Morgan fingerprint density at radius 1 is 1.21 bits per heavy atom. The second kappa shape index (κ2) is 3.42. The molecule has 2 N–H and O–H groups in total. The number of hydrogen-bond donors (Lipinski definition) is 1. The van der Waals surface area contributed by atoms with Gasteiger partial charge in [0.25, 0.3) is 0 Å². The van der Waals surface area contributed by atoms with Crippen molar-refractivity contribution in [1.82, 2.24) is 0 Å². The summed E-state index contributed by atoms with van der Waals surface area (Å²) in [6.45, 7) is 3.95. The summed E-state index contributed by atoms with van der Waals surface area (Å²) < 4.78 is 0. The van der Waals surface area contributed by atoms with Crippen LogP contribution >= 0.6 is 0 Å². The molecule has 0 amide bonds. The van der Waals surface area contributed by atoms with E-state index in [1.807, 2.05) is 35.4 Å². The SMILES string of the molecule is C=C1C=Cc2ccccc2N1/C=C\N. The van der Waals surface area contributed by atoms with Crippen molar-refractivity contribution in [3.8, 4) is 0 Å². The number of hydrogen-bond acceptors (Lipinski definition) is 2. The largest absolute Gasteiger partial charge is 0.403 e. The Bertz CT molecular complexity index is 416. The molecule has 1 aromatic rings. The summed E-state index contributed by atoms with van der Waals surface area (Å²) in [5, 5.41) is 0. The number of nitrogens with two attached hydrogens (primary N) is 1. The van der Waals surface area contributed by atoms with Gasteiger partial charge in [-0.05, 0) is 17.7 Å². The molecule has 1 heterocycles. The first-order valence-electron chi connectivity index (χ1n) is 4.46. The predicted molar refractivity (Wildman–Crippen MR) is 60.4 cm³/mol. The van der Waals surface area contributed by atoms with Gasteiger partial charge in [-0.2, -0.15) is 0 Å². The Labute approximate surface area is 83.6 Å². The Hall–Kier alpha value is -1.96. The first-order chi connectivity index (χ1) is 6.83. The van der Waals surface area contributed by atoms with E-state index in [4.69, 9.17) is 5.73 Å². The molecule has 0 bridgehead atoms. The lowest BCUT2D eigenvalue weighted by Gasteiger charge is -2.25. The maximum atomic E-state index is 5.39. The molecular weight excluding hydrogens is 172 g/mol. The predicted octanol–water partition coefficient (Wildman–Crippen LogP) is 2.46. The number of anilines is 1. The van der Waals surface area contributed by atoms with Crippen LogP contribution < -0.4 is 10.6 Å². The molecule has 0 saturated carbocycles. The van der Waals surface area contributed by atoms with Gasteiger partial charge in [-0.1, -0.05) is 30.9 Å². The van der Waals surface area contributed by atoms with Gasteiger partial charge in [-0.25, -0.2) is 0 Å². The van der Waals surface area contributed by atoms with Gasteiger partial charge in [-0.15, -0.1) is 0 Å². The summed E-state index contributed by atoms with van der Waals surface area (Å²) in [6, 6.07) is 8.13. The van der Waals surface area contributed by atoms with Crippen LogP contribution in [0.15, 0.2) is 55.0 Å². The van der Waals surface area contributed by atoms with E-state index in [0.29, 0.717) is 0 Å². The highest BCUT2D eigenvalue weighted by Gasteiger charge is 2.12. The molecule has 1 aromatic carbocycles. The number of benzene rings is 1. The van der Waals surface area contributed by atoms with E-state index < -0.39 is 0 Å². The van der Waals surface area contributed by atoms with E-state index >= 15 is 0 Å². The van der Waals surface area contributed by atoms with E-state index in [2.05, 4.69) is 18.7 Å². The van der Waals surface area contributed by atoms with Crippen molar-refractivity contribution in [2.24, 2.45) is 5.73 Å². The van der Waals surface area contributed by atoms with E-state index in [0.717, 1.165) is 11.4 Å². The third-order valence-electron chi connectivity index (χ3n) is 2.20. The Morgan fingerprint density at radius 3 is 2.79 bits per heavy atom. The number of allylic oxidation sites excluding steroid dienone is 1. The first kappa shape index (κ1) is 8.63. The van der Waals surface area contributed by atoms with Crippen LogP contribution in [0.3, 0.4) is 0 Å². The van der Waals surface area contributed by atoms with Crippen LogP contribution in [0.5, 0.6) is 0 Å². The smallest absolute Gasteiger partial charge is 0.0528 e. The van der Waals surface area contributed by atoms with Crippen molar-refractivity contribution in [1.29, 1.82) is 0 Å². The van der Waals surface area contributed by atoms with Crippen molar-refractivity contribution in [2.45, 2.75) is 0 Å². The van der Waals surface area contributed by atoms with Gasteiger partial charge in [0, 0.05) is 18.1 Å². The topological polar surface area (TPSA) is 29.3 Å². The number of nitrogens with zero attached hydrogens (tertiary/aromatic N) is 1. The molecule has 14 heavy (non-hydrogen) atoms. The monoisotopic (exact) mass is 184 g/mol. The average Bonchev–Trinajstić information content (AvgIpc) is 2.23. The fraction of sp³-hybridized carbons (Fsp3) is 0. The van der Waals surface area contributed by atoms with Crippen molar-refractivity contribution in [3.05, 3.63) is 60.6 Å². The van der Waals surface area contributed by atoms with E-state index in [1.165, 1.54) is 11.8 Å². The molecule has 0 unspecified atom stereocenters. The standard InChI is InChI=1S/C12H12N2/c1-10-6-7-11-4-2-3-5-12(11)14(10)9-8-13/h2-9H,1,13H2/b9-8-. The van der Waals surface area contributed by atoms with Crippen molar-refractivity contribution in [3.63, 3.8) is 0 Å². The lowest BCUT2D eigenvalue weighted by atomic mass is 10.1. The lowest BCUT2D eigenvalue weighted by molar-refractivity contribution is 1.19.